The fraction of sp³-hybridized carbons (Fsp3) is 0.333. The Labute approximate surface area is 116 Å². The van der Waals surface area contributed by atoms with Crippen LogP contribution in [0.25, 0.3) is 0 Å². The molecule has 1 aromatic carbocycles. The molecule has 6 heteroatoms. The third kappa shape index (κ3) is 4.98. The Bertz CT molecular complexity index is 417. The van der Waals surface area contributed by atoms with Crippen LogP contribution in [0, 0.1) is 5.82 Å². The molecule has 98 valence electrons. The first-order valence-electron chi connectivity index (χ1n) is 5.66. The van der Waals surface area contributed by atoms with Gasteiger partial charge < -0.3 is 5.32 Å². The Morgan fingerprint density at radius 3 is 3.00 bits per heavy atom. The number of thiocarbonyl (C=S) groups is 1. The minimum atomic E-state index is -0.419. The zero-order valence-electron chi connectivity index (χ0n) is 10.0. The Balaban J connectivity index is 2.47. The summed E-state index contributed by atoms with van der Waals surface area (Å²) < 4.78 is 13.4. The number of benzene rings is 1. The van der Waals surface area contributed by atoms with Gasteiger partial charge in [0, 0.05) is 12.1 Å². The van der Waals surface area contributed by atoms with Crippen molar-refractivity contribution in [1.29, 1.82) is 0 Å². The van der Waals surface area contributed by atoms with Crippen molar-refractivity contribution in [3.63, 3.8) is 0 Å². The number of unbranched alkanes of at least 4 members (excludes halogenated alkanes) is 1. The second-order valence-corrected chi connectivity index (χ2v) is 4.43. The molecule has 0 fully saturated rings. The molecule has 1 rings (SSSR count). The van der Waals surface area contributed by atoms with Gasteiger partial charge in [-0.25, -0.2) is 4.39 Å². The minimum Gasteiger partial charge on any atom is -0.361 e. The van der Waals surface area contributed by atoms with E-state index in [1.165, 1.54) is 12.3 Å². The molecule has 0 radical (unpaired) electrons. The molecule has 0 aromatic heterocycles. The van der Waals surface area contributed by atoms with Crippen molar-refractivity contribution in [1.82, 2.24) is 10.7 Å². The average Bonchev–Trinajstić information content (AvgIpc) is 2.33. The van der Waals surface area contributed by atoms with Crippen LogP contribution in [0.4, 0.5) is 4.39 Å². The molecule has 0 amide bonds. The summed E-state index contributed by atoms with van der Waals surface area (Å²) in [6.45, 7) is 2.88. The van der Waals surface area contributed by atoms with Gasteiger partial charge in [0.2, 0.25) is 0 Å². The molecule has 0 bridgehead atoms. The lowest BCUT2D eigenvalue weighted by Gasteiger charge is -2.05. The molecule has 0 aliphatic rings. The SMILES string of the molecule is CCCCNC(=S)NN=Cc1c(F)cccc1Cl. The van der Waals surface area contributed by atoms with Crippen LogP contribution in [0.15, 0.2) is 23.3 Å². The number of hydrogen-bond donors (Lipinski definition) is 2. The van der Waals surface area contributed by atoms with E-state index in [0.717, 1.165) is 19.4 Å². The van der Waals surface area contributed by atoms with Crippen LogP contribution in [-0.4, -0.2) is 17.9 Å². The molecule has 3 nitrogen and oxygen atoms in total. The fourth-order valence-electron chi connectivity index (χ4n) is 1.21. The largest absolute Gasteiger partial charge is 0.361 e. The summed E-state index contributed by atoms with van der Waals surface area (Å²) >= 11 is 10.8. The van der Waals surface area contributed by atoms with Gasteiger partial charge in [0.05, 0.1) is 11.2 Å². The molecule has 0 heterocycles. The summed E-state index contributed by atoms with van der Waals surface area (Å²) in [6.07, 6.45) is 3.43. The maximum atomic E-state index is 13.4. The predicted molar refractivity (Wildman–Crippen MR) is 77.6 cm³/mol. The molecule has 0 aliphatic heterocycles. The first-order chi connectivity index (χ1) is 8.65. The van der Waals surface area contributed by atoms with Crippen LogP contribution >= 0.6 is 23.8 Å². The van der Waals surface area contributed by atoms with Crippen molar-refractivity contribution in [2.24, 2.45) is 5.10 Å². The molecule has 0 atom stereocenters. The van der Waals surface area contributed by atoms with Crippen molar-refractivity contribution in [3.05, 3.63) is 34.6 Å². The van der Waals surface area contributed by atoms with E-state index in [2.05, 4.69) is 22.8 Å². The summed E-state index contributed by atoms with van der Waals surface area (Å²) in [5.41, 5.74) is 2.85. The number of hydrogen-bond acceptors (Lipinski definition) is 2. The lowest BCUT2D eigenvalue weighted by Crippen LogP contribution is -2.32. The van der Waals surface area contributed by atoms with Gasteiger partial charge in [-0.3, -0.25) is 5.43 Å². The maximum Gasteiger partial charge on any atom is 0.186 e. The number of halogens is 2. The third-order valence-corrected chi connectivity index (χ3v) is 2.74. The van der Waals surface area contributed by atoms with E-state index in [1.807, 2.05) is 0 Å². The van der Waals surface area contributed by atoms with Crippen LogP contribution < -0.4 is 10.7 Å². The van der Waals surface area contributed by atoms with Crippen molar-refractivity contribution in [2.45, 2.75) is 19.8 Å². The van der Waals surface area contributed by atoms with Gasteiger partial charge in [-0.15, -0.1) is 0 Å². The second kappa shape index (κ2) is 8.00. The van der Waals surface area contributed by atoms with Gasteiger partial charge >= 0.3 is 0 Å². The van der Waals surface area contributed by atoms with E-state index in [9.17, 15) is 4.39 Å². The smallest absolute Gasteiger partial charge is 0.186 e. The lowest BCUT2D eigenvalue weighted by atomic mass is 10.2. The molecule has 2 N–H and O–H groups in total. The fourth-order valence-corrected chi connectivity index (χ4v) is 1.57. The van der Waals surface area contributed by atoms with Crippen molar-refractivity contribution in [2.75, 3.05) is 6.54 Å². The molecule has 18 heavy (non-hydrogen) atoms. The molecule has 1 aromatic rings. The Morgan fingerprint density at radius 1 is 1.56 bits per heavy atom. The van der Waals surface area contributed by atoms with Crippen LogP contribution in [0.3, 0.4) is 0 Å². The van der Waals surface area contributed by atoms with E-state index in [0.29, 0.717) is 10.1 Å². The molecule has 0 spiro atoms. The highest BCUT2D eigenvalue weighted by atomic mass is 35.5. The lowest BCUT2D eigenvalue weighted by molar-refractivity contribution is 0.626. The zero-order valence-corrected chi connectivity index (χ0v) is 11.6. The van der Waals surface area contributed by atoms with E-state index in [4.69, 9.17) is 23.8 Å². The monoisotopic (exact) mass is 287 g/mol. The van der Waals surface area contributed by atoms with Gasteiger partial charge in [0.1, 0.15) is 5.82 Å². The van der Waals surface area contributed by atoms with Gasteiger partial charge in [0.25, 0.3) is 0 Å². The average molecular weight is 288 g/mol. The Kier molecular flexibility index (Phi) is 6.60. The number of rotatable bonds is 5. The van der Waals surface area contributed by atoms with Crippen LogP contribution in [0.1, 0.15) is 25.3 Å². The van der Waals surface area contributed by atoms with Crippen LogP contribution in [0.5, 0.6) is 0 Å². The summed E-state index contributed by atoms with van der Waals surface area (Å²) in [5, 5.41) is 7.54. The number of nitrogens with one attached hydrogen (secondary N) is 2. The molecular weight excluding hydrogens is 273 g/mol. The van der Waals surface area contributed by atoms with Crippen molar-refractivity contribution >= 4 is 35.1 Å². The van der Waals surface area contributed by atoms with Crippen LogP contribution in [0.2, 0.25) is 5.02 Å². The van der Waals surface area contributed by atoms with Crippen molar-refractivity contribution in [3.8, 4) is 0 Å². The normalized spacial score (nSPS) is 10.6. The second-order valence-electron chi connectivity index (χ2n) is 3.61. The van der Waals surface area contributed by atoms with Gasteiger partial charge in [-0.05, 0) is 30.8 Å². The topological polar surface area (TPSA) is 36.4 Å². The first kappa shape index (κ1) is 14.9. The molecule has 0 unspecified atom stereocenters. The molecule has 0 saturated carbocycles. The minimum absolute atomic E-state index is 0.239. The van der Waals surface area contributed by atoms with Gasteiger partial charge in [-0.2, -0.15) is 5.10 Å². The van der Waals surface area contributed by atoms with Crippen LogP contribution in [-0.2, 0) is 0 Å². The highest BCUT2D eigenvalue weighted by Crippen LogP contribution is 2.16. The number of hydrazone groups is 1. The van der Waals surface area contributed by atoms with E-state index < -0.39 is 5.82 Å². The summed E-state index contributed by atoms with van der Waals surface area (Å²) in [4.78, 5) is 0. The quantitative estimate of drug-likeness (QED) is 0.378. The van der Waals surface area contributed by atoms with E-state index in [-0.39, 0.29) is 5.56 Å². The summed E-state index contributed by atoms with van der Waals surface area (Å²) in [7, 11) is 0. The Hall–Kier alpha value is -1.20. The maximum absolute atomic E-state index is 13.4. The first-order valence-corrected chi connectivity index (χ1v) is 6.44. The molecule has 0 aliphatic carbocycles. The Morgan fingerprint density at radius 2 is 2.33 bits per heavy atom. The van der Waals surface area contributed by atoms with E-state index in [1.54, 1.807) is 12.1 Å². The highest BCUT2D eigenvalue weighted by molar-refractivity contribution is 7.80. The predicted octanol–water partition coefficient (Wildman–Crippen LogP) is 3.08. The third-order valence-electron chi connectivity index (χ3n) is 2.18. The van der Waals surface area contributed by atoms with Gasteiger partial charge in [0.15, 0.2) is 5.11 Å². The van der Waals surface area contributed by atoms with Gasteiger partial charge in [-0.1, -0.05) is 31.0 Å². The van der Waals surface area contributed by atoms with E-state index >= 15 is 0 Å². The number of nitrogens with zero attached hydrogens (tertiary/aromatic N) is 1. The van der Waals surface area contributed by atoms with Crippen molar-refractivity contribution < 1.29 is 4.39 Å². The summed E-state index contributed by atoms with van der Waals surface area (Å²) in [6, 6.07) is 4.47. The summed E-state index contributed by atoms with van der Waals surface area (Å²) in [5.74, 6) is -0.419. The standard InChI is InChI=1S/C12H15ClFN3S/c1-2-3-7-15-12(18)17-16-8-9-10(13)5-4-6-11(9)14/h4-6,8H,2-3,7H2,1H3,(H2,15,17,18). The highest BCUT2D eigenvalue weighted by Gasteiger charge is 2.03. The molecular formula is C12H15ClFN3S. The molecule has 0 saturated heterocycles. The zero-order chi connectivity index (χ0) is 13.4.